The summed E-state index contributed by atoms with van der Waals surface area (Å²) in [6, 6.07) is 0.458. The molecule has 0 aromatic heterocycles. The lowest BCUT2D eigenvalue weighted by Gasteiger charge is -2.35. The highest BCUT2D eigenvalue weighted by atomic mass is 32.2. The van der Waals surface area contributed by atoms with E-state index in [2.05, 4.69) is 26.0 Å². The summed E-state index contributed by atoms with van der Waals surface area (Å²) in [6.45, 7) is 4.42. The lowest BCUT2D eigenvalue weighted by molar-refractivity contribution is 0.0945. The second-order valence-electron chi connectivity index (χ2n) is 6.74. The fraction of sp³-hybridized carbons (Fsp3) is 1.00. The molecule has 5 N–H and O–H groups in total. The Hall–Kier alpha value is 0.110. The monoisotopic (exact) mass is 312 g/mol. The summed E-state index contributed by atoms with van der Waals surface area (Å²) >= 11 is 1.98. The number of piperazine rings is 1. The van der Waals surface area contributed by atoms with Crippen molar-refractivity contribution in [2.45, 2.75) is 55.3 Å². The van der Waals surface area contributed by atoms with Crippen LogP contribution in [0.3, 0.4) is 0 Å². The lowest BCUT2D eigenvalue weighted by atomic mass is 9.83. The van der Waals surface area contributed by atoms with Gasteiger partial charge in [-0.25, -0.2) is 5.43 Å². The van der Waals surface area contributed by atoms with Crippen molar-refractivity contribution < 1.29 is 0 Å². The Labute approximate surface area is 131 Å². The third-order valence-corrected chi connectivity index (χ3v) is 6.72. The lowest BCUT2D eigenvalue weighted by Crippen LogP contribution is -2.57. The maximum atomic E-state index is 6.54. The van der Waals surface area contributed by atoms with E-state index in [-0.39, 0.29) is 6.17 Å². The second-order valence-corrected chi connectivity index (χ2v) is 7.91. The molecule has 0 radical (unpaired) electrons. The van der Waals surface area contributed by atoms with Gasteiger partial charge in [0.15, 0.2) is 0 Å². The number of nitrogens with one attached hydrogen (secondary N) is 3. The molecule has 4 fully saturated rings. The molecule has 0 spiro atoms. The molecule has 0 aromatic rings. The Morgan fingerprint density at radius 2 is 1.76 bits per heavy atom. The van der Waals surface area contributed by atoms with E-state index in [0.29, 0.717) is 17.0 Å². The summed E-state index contributed by atoms with van der Waals surface area (Å²) in [6.07, 6.45) is 6.96. The number of hydrogen-bond donors (Lipinski definition) is 4. The quantitative estimate of drug-likeness (QED) is 0.565. The zero-order chi connectivity index (χ0) is 14.2. The standard InChI is InChI=1S/C14H28N6S/c15-12-11(10-4-2-1-3-5-10)17-13-20(12)18-14(21-13)19-8-6-16-7-9-19/h10-14,16-18H,1-9,15H2. The van der Waals surface area contributed by atoms with Crippen LogP contribution in [0, 0.1) is 5.92 Å². The van der Waals surface area contributed by atoms with Crippen molar-refractivity contribution in [2.75, 3.05) is 26.2 Å². The minimum Gasteiger partial charge on any atom is -0.314 e. The maximum Gasteiger partial charge on any atom is 0.126 e. The first-order valence-electron chi connectivity index (χ1n) is 8.49. The van der Waals surface area contributed by atoms with E-state index < -0.39 is 0 Å². The summed E-state index contributed by atoms with van der Waals surface area (Å²) in [5, 5.41) is 9.49. The molecule has 0 bridgehead atoms. The molecule has 4 unspecified atom stereocenters. The van der Waals surface area contributed by atoms with Gasteiger partial charge in [0.25, 0.3) is 0 Å². The van der Waals surface area contributed by atoms with Gasteiger partial charge in [-0.15, -0.1) is 0 Å². The molecule has 1 aliphatic carbocycles. The van der Waals surface area contributed by atoms with E-state index >= 15 is 0 Å². The molecule has 21 heavy (non-hydrogen) atoms. The zero-order valence-electron chi connectivity index (χ0n) is 12.6. The Kier molecular flexibility index (Phi) is 4.41. The third kappa shape index (κ3) is 2.85. The average Bonchev–Trinajstić information content (AvgIpc) is 3.09. The van der Waals surface area contributed by atoms with Gasteiger partial charge in [0.2, 0.25) is 0 Å². The predicted molar refractivity (Wildman–Crippen MR) is 86.1 cm³/mol. The van der Waals surface area contributed by atoms with Crippen LogP contribution in [0.15, 0.2) is 0 Å². The molecule has 120 valence electrons. The van der Waals surface area contributed by atoms with E-state index in [1.54, 1.807) is 0 Å². The van der Waals surface area contributed by atoms with Gasteiger partial charge in [-0.2, -0.15) is 5.01 Å². The minimum absolute atomic E-state index is 0.110. The summed E-state index contributed by atoms with van der Waals surface area (Å²) in [4.78, 5) is 2.52. The van der Waals surface area contributed by atoms with Crippen molar-refractivity contribution in [3.05, 3.63) is 0 Å². The van der Waals surface area contributed by atoms with Crippen LogP contribution in [0.1, 0.15) is 32.1 Å². The minimum atomic E-state index is 0.110. The molecular formula is C14H28N6S. The van der Waals surface area contributed by atoms with Gasteiger partial charge in [-0.1, -0.05) is 31.0 Å². The number of thioether (sulfide) groups is 1. The number of hydrazine groups is 1. The summed E-state index contributed by atoms with van der Waals surface area (Å²) in [7, 11) is 0. The van der Waals surface area contributed by atoms with Crippen LogP contribution in [0.4, 0.5) is 0 Å². The van der Waals surface area contributed by atoms with Crippen LogP contribution in [0.25, 0.3) is 0 Å². The SMILES string of the molecule is NC1C(C2CCCCC2)NC2SC(N3CCNCC3)NN21. The van der Waals surface area contributed by atoms with Crippen LogP contribution in [-0.2, 0) is 0 Å². The molecule has 4 rings (SSSR count). The van der Waals surface area contributed by atoms with Crippen molar-refractivity contribution >= 4 is 11.8 Å². The highest BCUT2D eigenvalue weighted by molar-refractivity contribution is 8.00. The molecule has 4 atom stereocenters. The van der Waals surface area contributed by atoms with Gasteiger partial charge in [-0.3, -0.25) is 10.2 Å². The Bertz CT molecular complexity index is 357. The second kappa shape index (κ2) is 6.31. The van der Waals surface area contributed by atoms with Gasteiger partial charge in [0, 0.05) is 32.2 Å². The van der Waals surface area contributed by atoms with Crippen molar-refractivity contribution in [1.82, 2.24) is 26.0 Å². The first-order valence-corrected chi connectivity index (χ1v) is 9.43. The number of nitrogens with two attached hydrogens (primary N) is 1. The highest BCUT2D eigenvalue weighted by Gasteiger charge is 2.48. The zero-order valence-corrected chi connectivity index (χ0v) is 13.4. The third-order valence-electron chi connectivity index (χ3n) is 5.44. The summed E-state index contributed by atoms with van der Waals surface area (Å²) < 4.78 is 0. The summed E-state index contributed by atoms with van der Waals surface area (Å²) in [5.74, 6) is 0.763. The van der Waals surface area contributed by atoms with Crippen LogP contribution >= 0.6 is 11.8 Å². The van der Waals surface area contributed by atoms with Crippen LogP contribution in [-0.4, -0.2) is 59.3 Å². The van der Waals surface area contributed by atoms with Crippen LogP contribution < -0.4 is 21.8 Å². The number of nitrogens with zero attached hydrogens (tertiary/aromatic N) is 2. The fourth-order valence-electron chi connectivity index (χ4n) is 4.20. The van der Waals surface area contributed by atoms with Crippen molar-refractivity contribution in [3.63, 3.8) is 0 Å². The molecule has 3 saturated heterocycles. The summed E-state index contributed by atoms with van der Waals surface area (Å²) in [5.41, 5.74) is 10.9. The Balaban J connectivity index is 1.36. The van der Waals surface area contributed by atoms with Gasteiger partial charge in [0.1, 0.15) is 11.0 Å². The first-order chi connectivity index (χ1) is 10.3. The Morgan fingerprint density at radius 3 is 2.48 bits per heavy atom. The molecular weight excluding hydrogens is 284 g/mol. The van der Waals surface area contributed by atoms with Crippen LogP contribution in [0.2, 0.25) is 0 Å². The Morgan fingerprint density at radius 1 is 1.00 bits per heavy atom. The molecule has 4 aliphatic rings. The van der Waals surface area contributed by atoms with E-state index in [9.17, 15) is 0 Å². The molecule has 0 amide bonds. The number of rotatable bonds is 2. The number of fused-ring (bicyclic) bond motifs is 1. The van der Waals surface area contributed by atoms with Gasteiger partial charge in [0.05, 0.1) is 6.17 Å². The van der Waals surface area contributed by atoms with Crippen molar-refractivity contribution in [2.24, 2.45) is 11.7 Å². The van der Waals surface area contributed by atoms with Gasteiger partial charge >= 0.3 is 0 Å². The van der Waals surface area contributed by atoms with E-state index in [0.717, 1.165) is 32.1 Å². The van der Waals surface area contributed by atoms with Crippen molar-refractivity contribution in [3.8, 4) is 0 Å². The van der Waals surface area contributed by atoms with Crippen molar-refractivity contribution in [1.29, 1.82) is 0 Å². The van der Waals surface area contributed by atoms with E-state index in [4.69, 9.17) is 5.73 Å². The molecule has 6 nitrogen and oxygen atoms in total. The predicted octanol–water partition coefficient (Wildman–Crippen LogP) is -0.151. The van der Waals surface area contributed by atoms with Crippen LogP contribution in [0.5, 0.6) is 0 Å². The molecule has 3 heterocycles. The van der Waals surface area contributed by atoms with Gasteiger partial charge in [-0.05, 0) is 18.8 Å². The average molecular weight is 312 g/mol. The highest BCUT2D eigenvalue weighted by Crippen LogP contribution is 2.37. The maximum absolute atomic E-state index is 6.54. The molecule has 0 aromatic carbocycles. The molecule has 1 saturated carbocycles. The normalized spacial score (nSPS) is 43.3. The fourth-order valence-corrected chi connectivity index (χ4v) is 5.58. The largest absolute Gasteiger partial charge is 0.314 e. The van der Waals surface area contributed by atoms with E-state index in [1.807, 2.05) is 11.8 Å². The smallest absolute Gasteiger partial charge is 0.126 e. The molecule has 7 heteroatoms. The van der Waals surface area contributed by atoms with Gasteiger partial charge < -0.3 is 11.1 Å². The first kappa shape index (κ1) is 14.7. The molecule has 3 aliphatic heterocycles. The van der Waals surface area contributed by atoms with E-state index in [1.165, 1.54) is 32.1 Å². The topological polar surface area (TPSA) is 68.6 Å². The number of hydrogen-bond acceptors (Lipinski definition) is 7.